The number of carbonyl (C=O) groups is 2. The van der Waals surface area contributed by atoms with Crippen molar-refractivity contribution in [3.63, 3.8) is 0 Å². The molecule has 0 saturated carbocycles. The van der Waals surface area contributed by atoms with Crippen LogP contribution in [0.15, 0.2) is 84.9 Å². The van der Waals surface area contributed by atoms with Crippen LogP contribution in [0, 0.1) is 10.1 Å². The molecule has 0 bridgehead atoms. The molecule has 0 fully saturated rings. The van der Waals surface area contributed by atoms with Gasteiger partial charge >= 0.3 is 0 Å². The monoisotopic (exact) mass is 507 g/mol. The number of ether oxygens (including phenoxy) is 1. The fraction of sp³-hybridized carbons (Fsp3) is 0.185. The molecule has 3 rings (SSSR count). The Morgan fingerprint density at radius 1 is 1.11 bits per heavy atom. The van der Waals surface area contributed by atoms with Gasteiger partial charge in [0.2, 0.25) is 5.91 Å². The quantitative estimate of drug-likeness (QED) is 0.241. The highest BCUT2D eigenvalue weighted by molar-refractivity contribution is 6.30. The number of methoxy groups -OCH3 is 1. The predicted molar refractivity (Wildman–Crippen MR) is 138 cm³/mol. The van der Waals surface area contributed by atoms with Gasteiger partial charge in [0.05, 0.1) is 18.1 Å². The number of rotatable bonds is 10. The minimum Gasteiger partial charge on any atom is -0.496 e. The molecule has 0 aromatic heterocycles. The molecule has 3 aromatic rings. The van der Waals surface area contributed by atoms with E-state index in [1.165, 1.54) is 35.2 Å². The first-order valence-corrected chi connectivity index (χ1v) is 11.5. The Balaban J connectivity index is 1.78. The summed E-state index contributed by atoms with van der Waals surface area (Å²) in [6.07, 6.45) is 3.43. The number of para-hydroxylation sites is 1. The van der Waals surface area contributed by atoms with Crippen LogP contribution in [-0.2, 0) is 17.8 Å². The topological polar surface area (TPSA) is 102 Å². The summed E-state index contributed by atoms with van der Waals surface area (Å²) in [6, 6.07) is 19.6. The normalized spacial score (nSPS) is 11.6. The number of amides is 2. The van der Waals surface area contributed by atoms with Gasteiger partial charge in [-0.1, -0.05) is 54.1 Å². The van der Waals surface area contributed by atoms with Gasteiger partial charge in [-0.25, -0.2) is 0 Å². The lowest BCUT2D eigenvalue weighted by molar-refractivity contribution is -0.384. The lowest BCUT2D eigenvalue weighted by atomic mass is 10.0. The highest BCUT2D eigenvalue weighted by Gasteiger charge is 2.21. The summed E-state index contributed by atoms with van der Waals surface area (Å²) >= 11 is 6.00. The van der Waals surface area contributed by atoms with Crippen LogP contribution in [-0.4, -0.2) is 41.8 Å². The molecule has 1 atom stereocenters. The molecule has 1 unspecified atom stereocenters. The van der Waals surface area contributed by atoms with Crippen molar-refractivity contribution in [2.24, 2.45) is 0 Å². The van der Waals surface area contributed by atoms with E-state index in [2.05, 4.69) is 5.32 Å². The first kappa shape index (κ1) is 26.4. The van der Waals surface area contributed by atoms with Crippen LogP contribution in [0.2, 0.25) is 5.02 Å². The zero-order valence-electron chi connectivity index (χ0n) is 19.9. The number of hydrogen-bond donors (Lipinski definition) is 1. The van der Waals surface area contributed by atoms with Gasteiger partial charge in [0.1, 0.15) is 5.75 Å². The summed E-state index contributed by atoms with van der Waals surface area (Å²) in [5.74, 6) is -0.0698. The lowest BCUT2D eigenvalue weighted by Crippen LogP contribution is -2.37. The second kappa shape index (κ2) is 12.5. The van der Waals surface area contributed by atoms with Gasteiger partial charge in [0, 0.05) is 48.0 Å². The number of halogens is 1. The van der Waals surface area contributed by atoms with Gasteiger partial charge < -0.3 is 15.0 Å². The smallest absolute Gasteiger partial charge is 0.270 e. The maximum Gasteiger partial charge on any atom is 0.270 e. The second-order valence-corrected chi connectivity index (χ2v) is 8.45. The van der Waals surface area contributed by atoms with E-state index in [1.54, 1.807) is 32.4 Å². The Hall–Kier alpha value is -4.17. The van der Waals surface area contributed by atoms with Gasteiger partial charge in [0.25, 0.3) is 11.6 Å². The molecule has 0 aliphatic rings. The van der Waals surface area contributed by atoms with Crippen molar-refractivity contribution >= 4 is 29.1 Å². The number of benzene rings is 3. The maximum atomic E-state index is 13.2. The standard InChI is InChI=1S/C27H26ClN3O5/c1-30(27(33)20-7-5-8-24(17-20)31(34)35)23(16-19-10-12-22(28)13-11-19)14-15-26(32)29-18-21-6-3-4-9-25(21)36-2/h3-15,17,23H,16,18H2,1-2H3,(H,29,32). The third-order valence-corrected chi connectivity index (χ3v) is 5.85. The molecule has 0 saturated heterocycles. The van der Waals surface area contributed by atoms with Crippen molar-refractivity contribution in [2.45, 2.75) is 19.0 Å². The molecule has 8 nitrogen and oxygen atoms in total. The van der Waals surface area contributed by atoms with Gasteiger partial charge in [-0.15, -0.1) is 0 Å². The predicted octanol–water partition coefficient (Wildman–Crippen LogP) is 4.81. The molecular formula is C27H26ClN3O5. The van der Waals surface area contributed by atoms with Gasteiger partial charge in [0.15, 0.2) is 0 Å². The summed E-state index contributed by atoms with van der Waals surface area (Å²) in [6.45, 7) is 0.275. The number of nitro groups is 1. The Morgan fingerprint density at radius 2 is 1.83 bits per heavy atom. The zero-order valence-corrected chi connectivity index (χ0v) is 20.6. The molecule has 0 aliphatic heterocycles. The van der Waals surface area contributed by atoms with Crippen LogP contribution >= 0.6 is 11.6 Å². The van der Waals surface area contributed by atoms with Crippen LogP contribution in [0.4, 0.5) is 5.69 Å². The van der Waals surface area contributed by atoms with E-state index in [9.17, 15) is 19.7 Å². The molecule has 1 N–H and O–H groups in total. The Kier molecular flexibility index (Phi) is 9.19. The van der Waals surface area contributed by atoms with Crippen molar-refractivity contribution in [1.82, 2.24) is 10.2 Å². The van der Waals surface area contributed by atoms with Crippen LogP contribution in [0.3, 0.4) is 0 Å². The van der Waals surface area contributed by atoms with Crippen molar-refractivity contribution in [3.8, 4) is 5.75 Å². The van der Waals surface area contributed by atoms with E-state index in [1.807, 2.05) is 36.4 Å². The summed E-state index contributed by atoms with van der Waals surface area (Å²) < 4.78 is 5.31. The lowest BCUT2D eigenvalue weighted by Gasteiger charge is -2.26. The number of non-ortho nitro benzene ring substituents is 1. The minimum absolute atomic E-state index is 0.172. The van der Waals surface area contributed by atoms with E-state index >= 15 is 0 Å². The fourth-order valence-corrected chi connectivity index (χ4v) is 3.72. The fourth-order valence-electron chi connectivity index (χ4n) is 3.59. The number of hydrogen-bond acceptors (Lipinski definition) is 5. The van der Waals surface area contributed by atoms with Gasteiger partial charge in [-0.3, -0.25) is 19.7 Å². The van der Waals surface area contributed by atoms with Crippen LogP contribution < -0.4 is 10.1 Å². The summed E-state index contributed by atoms with van der Waals surface area (Å²) in [5, 5.41) is 14.5. The SMILES string of the molecule is COc1ccccc1CNC(=O)C=CC(Cc1ccc(Cl)cc1)N(C)C(=O)c1cccc([N+](=O)[O-])c1. The van der Waals surface area contributed by atoms with E-state index in [0.717, 1.165) is 11.1 Å². The van der Waals surface area contributed by atoms with Gasteiger partial charge in [-0.2, -0.15) is 0 Å². The first-order valence-electron chi connectivity index (χ1n) is 11.1. The summed E-state index contributed by atoms with van der Waals surface area (Å²) in [4.78, 5) is 37.8. The summed E-state index contributed by atoms with van der Waals surface area (Å²) in [7, 11) is 3.16. The molecular weight excluding hydrogens is 482 g/mol. The van der Waals surface area contributed by atoms with E-state index < -0.39 is 16.9 Å². The van der Waals surface area contributed by atoms with E-state index in [0.29, 0.717) is 17.2 Å². The summed E-state index contributed by atoms with van der Waals surface area (Å²) in [5.41, 5.74) is 1.75. The number of nitrogens with zero attached hydrogens (tertiary/aromatic N) is 2. The van der Waals surface area contributed by atoms with E-state index in [-0.39, 0.29) is 23.7 Å². The average Bonchev–Trinajstić information content (AvgIpc) is 2.90. The Labute approximate surface area is 214 Å². The molecule has 0 radical (unpaired) electrons. The Bertz CT molecular complexity index is 1260. The molecule has 2 amide bonds. The molecule has 186 valence electrons. The molecule has 3 aromatic carbocycles. The third-order valence-electron chi connectivity index (χ3n) is 5.60. The zero-order chi connectivity index (χ0) is 26.1. The highest BCUT2D eigenvalue weighted by atomic mass is 35.5. The number of likely N-dealkylation sites (N-methyl/N-ethyl adjacent to an activating group) is 1. The molecule has 9 heteroatoms. The highest BCUT2D eigenvalue weighted by Crippen LogP contribution is 2.19. The maximum absolute atomic E-state index is 13.2. The Morgan fingerprint density at radius 3 is 2.53 bits per heavy atom. The number of nitrogens with one attached hydrogen (secondary N) is 1. The van der Waals surface area contributed by atoms with Gasteiger partial charge in [-0.05, 0) is 36.2 Å². The molecule has 0 aliphatic carbocycles. The number of nitro benzene ring substituents is 1. The minimum atomic E-state index is -0.548. The van der Waals surface area contributed by atoms with Crippen molar-refractivity contribution < 1.29 is 19.2 Å². The second-order valence-electron chi connectivity index (χ2n) is 8.01. The molecule has 36 heavy (non-hydrogen) atoms. The van der Waals surface area contributed by atoms with E-state index in [4.69, 9.17) is 16.3 Å². The van der Waals surface area contributed by atoms with Crippen LogP contribution in [0.1, 0.15) is 21.5 Å². The average molecular weight is 508 g/mol. The largest absolute Gasteiger partial charge is 0.496 e. The van der Waals surface area contributed by atoms with Crippen molar-refractivity contribution in [1.29, 1.82) is 0 Å². The van der Waals surface area contributed by atoms with Crippen LogP contribution in [0.25, 0.3) is 0 Å². The first-order chi connectivity index (χ1) is 17.3. The molecule has 0 heterocycles. The third kappa shape index (κ3) is 7.16. The molecule has 0 spiro atoms. The van der Waals surface area contributed by atoms with Crippen molar-refractivity contribution in [3.05, 3.63) is 117 Å². The number of carbonyl (C=O) groups excluding carboxylic acids is 2. The van der Waals surface area contributed by atoms with Crippen LogP contribution in [0.5, 0.6) is 5.75 Å². The van der Waals surface area contributed by atoms with Crippen molar-refractivity contribution in [2.75, 3.05) is 14.2 Å².